The maximum atomic E-state index is 12.3. The Bertz CT molecular complexity index is 1140. The molecule has 0 bridgehead atoms. The Morgan fingerprint density at radius 1 is 1.03 bits per heavy atom. The highest BCUT2D eigenvalue weighted by Gasteiger charge is 2.08. The van der Waals surface area contributed by atoms with Crippen molar-refractivity contribution >= 4 is 23.4 Å². The first-order valence-electron chi connectivity index (χ1n) is 9.51. The molecule has 0 radical (unpaired) electrons. The van der Waals surface area contributed by atoms with E-state index in [2.05, 4.69) is 26.6 Å². The first-order valence-corrected chi connectivity index (χ1v) is 10.5. The van der Waals surface area contributed by atoms with Crippen molar-refractivity contribution in [2.45, 2.75) is 18.9 Å². The van der Waals surface area contributed by atoms with E-state index >= 15 is 0 Å². The van der Waals surface area contributed by atoms with Gasteiger partial charge in [0, 0.05) is 29.3 Å². The van der Waals surface area contributed by atoms with Crippen LogP contribution in [0.2, 0.25) is 0 Å². The fourth-order valence-corrected chi connectivity index (χ4v) is 3.66. The van der Waals surface area contributed by atoms with Crippen molar-refractivity contribution < 1.29 is 4.79 Å². The predicted molar refractivity (Wildman–Crippen MR) is 120 cm³/mol. The number of rotatable bonds is 6. The lowest BCUT2D eigenvalue weighted by molar-refractivity contribution is -0.113. The van der Waals surface area contributed by atoms with Crippen LogP contribution < -0.4 is 5.32 Å². The zero-order valence-electron chi connectivity index (χ0n) is 16.7. The van der Waals surface area contributed by atoms with Gasteiger partial charge >= 0.3 is 0 Å². The van der Waals surface area contributed by atoms with Crippen LogP contribution in [0.5, 0.6) is 0 Å². The lowest BCUT2D eigenvalue weighted by atomic mass is 10.1. The summed E-state index contributed by atoms with van der Waals surface area (Å²) in [5.74, 6) is 0.217. The summed E-state index contributed by atoms with van der Waals surface area (Å²) in [6, 6.07) is 17.8. The standard InChI is InChI=1S/C23H21N5OS/c1-16-3-8-20(17(2)13-16)25-22(29)14-30-23-10-9-21(26-27-23)18-4-6-19(7-5-18)28-12-11-24-15-28/h3-13,15H,14H2,1-2H3,(H,25,29). The summed E-state index contributed by atoms with van der Waals surface area (Å²) < 4.78 is 1.94. The molecule has 1 N–H and O–H groups in total. The topological polar surface area (TPSA) is 72.7 Å². The molecule has 1 amide bonds. The van der Waals surface area contributed by atoms with E-state index < -0.39 is 0 Å². The van der Waals surface area contributed by atoms with E-state index in [1.807, 2.05) is 73.1 Å². The fourth-order valence-electron chi connectivity index (χ4n) is 3.05. The molecule has 0 atom stereocenters. The lowest BCUT2D eigenvalue weighted by Gasteiger charge is -2.09. The molecule has 0 saturated carbocycles. The third-order valence-corrected chi connectivity index (χ3v) is 5.53. The average molecular weight is 416 g/mol. The highest BCUT2D eigenvalue weighted by Crippen LogP contribution is 2.22. The number of benzene rings is 2. The van der Waals surface area contributed by atoms with E-state index in [0.717, 1.165) is 28.2 Å². The van der Waals surface area contributed by atoms with Crippen LogP contribution in [0.4, 0.5) is 5.69 Å². The van der Waals surface area contributed by atoms with Crippen LogP contribution in [-0.4, -0.2) is 31.4 Å². The molecule has 2 aromatic heterocycles. The van der Waals surface area contributed by atoms with Crippen LogP contribution in [0.25, 0.3) is 16.9 Å². The van der Waals surface area contributed by atoms with Crippen LogP contribution in [0, 0.1) is 13.8 Å². The van der Waals surface area contributed by atoms with E-state index in [4.69, 9.17) is 0 Å². The van der Waals surface area contributed by atoms with Gasteiger partial charge in [-0.1, -0.05) is 41.6 Å². The van der Waals surface area contributed by atoms with E-state index in [1.54, 1.807) is 12.5 Å². The minimum atomic E-state index is -0.0621. The van der Waals surface area contributed by atoms with Gasteiger partial charge in [-0.25, -0.2) is 4.98 Å². The summed E-state index contributed by atoms with van der Waals surface area (Å²) in [7, 11) is 0. The van der Waals surface area contributed by atoms with Gasteiger partial charge in [0.15, 0.2) is 0 Å². The maximum Gasteiger partial charge on any atom is 0.234 e. The van der Waals surface area contributed by atoms with Gasteiger partial charge in [-0.05, 0) is 49.7 Å². The van der Waals surface area contributed by atoms with Crippen LogP contribution in [0.15, 0.2) is 78.3 Å². The molecule has 4 rings (SSSR count). The first kappa shape index (κ1) is 19.8. The van der Waals surface area contributed by atoms with Gasteiger partial charge in [0.2, 0.25) is 5.91 Å². The lowest BCUT2D eigenvalue weighted by Crippen LogP contribution is -2.15. The second kappa shape index (κ2) is 8.92. The Morgan fingerprint density at radius 2 is 1.87 bits per heavy atom. The quantitative estimate of drug-likeness (QED) is 0.463. The molecule has 30 heavy (non-hydrogen) atoms. The van der Waals surface area contributed by atoms with Crippen molar-refractivity contribution in [3.63, 3.8) is 0 Å². The number of carbonyl (C=O) groups is 1. The molecule has 150 valence electrons. The van der Waals surface area contributed by atoms with Crippen LogP contribution in [-0.2, 0) is 4.79 Å². The van der Waals surface area contributed by atoms with Gasteiger partial charge in [0.25, 0.3) is 0 Å². The van der Waals surface area contributed by atoms with Crippen molar-refractivity contribution in [2.24, 2.45) is 0 Å². The molecule has 0 unspecified atom stereocenters. The van der Waals surface area contributed by atoms with E-state index in [1.165, 1.54) is 17.3 Å². The maximum absolute atomic E-state index is 12.3. The van der Waals surface area contributed by atoms with Crippen molar-refractivity contribution in [1.82, 2.24) is 19.7 Å². The van der Waals surface area contributed by atoms with Crippen LogP contribution in [0.1, 0.15) is 11.1 Å². The minimum Gasteiger partial charge on any atom is -0.325 e. The van der Waals surface area contributed by atoms with Crippen molar-refractivity contribution in [3.05, 3.63) is 84.4 Å². The highest BCUT2D eigenvalue weighted by atomic mass is 32.2. The summed E-state index contributed by atoms with van der Waals surface area (Å²) in [5, 5.41) is 12.2. The molecule has 0 aliphatic carbocycles. The second-order valence-corrected chi connectivity index (χ2v) is 7.92. The van der Waals surface area contributed by atoms with Crippen molar-refractivity contribution in [3.8, 4) is 16.9 Å². The number of hydrogen-bond acceptors (Lipinski definition) is 5. The number of aryl methyl sites for hydroxylation is 2. The first-order chi connectivity index (χ1) is 14.6. The number of imidazole rings is 1. The number of amides is 1. The van der Waals surface area contributed by atoms with Gasteiger partial charge in [-0.15, -0.1) is 10.2 Å². The Kier molecular flexibility index (Phi) is 5.90. The number of carbonyl (C=O) groups excluding carboxylic acids is 1. The molecule has 0 aliphatic rings. The minimum absolute atomic E-state index is 0.0621. The SMILES string of the molecule is Cc1ccc(NC(=O)CSc2ccc(-c3ccc(-n4ccnc4)cc3)nn2)c(C)c1. The number of hydrogen-bond donors (Lipinski definition) is 1. The molecule has 6 nitrogen and oxygen atoms in total. The molecular weight excluding hydrogens is 394 g/mol. The summed E-state index contributed by atoms with van der Waals surface area (Å²) >= 11 is 1.37. The summed E-state index contributed by atoms with van der Waals surface area (Å²) in [6.07, 6.45) is 5.41. The smallest absolute Gasteiger partial charge is 0.234 e. The number of aromatic nitrogens is 4. The van der Waals surface area contributed by atoms with Crippen LogP contribution >= 0.6 is 11.8 Å². The van der Waals surface area contributed by atoms with E-state index in [0.29, 0.717) is 5.03 Å². The van der Waals surface area contributed by atoms with Gasteiger partial charge in [-0.3, -0.25) is 4.79 Å². The Morgan fingerprint density at radius 3 is 2.53 bits per heavy atom. The Hall–Kier alpha value is -3.45. The average Bonchev–Trinajstić information content (AvgIpc) is 3.30. The number of nitrogens with zero attached hydrogens (tertiary/aromatic N) is 4. The zero-order chi connectivity index (χ0) is 20.9. The number of nitrogens with one attached hydrogen (secondary N) is 1. The van der Waals surface area contributed by atoms with Gasteiger partial charge in [-0.2, -0.15) is 0 Å². The normalized spacial score (nSPS) is 10.7. The molecule has 0 spiro atoms. The van der Waals surface area contributed by atoms with Crippen molar-refractivity contribution in [1.29, 1.82) is 0 Å². The van der Waals surface area contributed by atoms with Crippen LogP contribution in [0.3, 0.4) is 0 Å². The molecule has 0 saturated heterocycles. The summed E-state index contributed by atoms with van der Waals surface area (Å²) in [6.45, 7) is 4.02. The summed E-state index contributed by atoms with van der Waals surface area (Å²) in [5.41, 5.74) is 5.87. The van der Waals surface area contributed by atoms with E-state index in [9.17, 15) is 4.79 Å². The number of thioether (sulfide) groups is 1. The monoisotopic (exact) mass is 415 g/mol. The van der Waals surface area contributed by atoms with Gasteiger partial charge in [0.1, 0.15) is 5.03 Å². The summed E-state index contributed by atoms with van der Waals surface area (Å²) in [4.78, 5) is 16.3. The molecule has 7 heteroatoms. The van der Waals surface area contributed by atoms with Crippen molar-refractivity contribution in [2.75, 3.05) is 11.1 Å². The molecule has 4 aromatic rings. The largest absolute Gasteiger partial charge is 0.325 e. The molecule has 2 aromatic carbocycles. The fraction of sp³-hybridized carbons (Fsp3) is 0.130. The predicted octanol–water partition coefficient (Wildman–Crippen LogP) is 4.68. The van der Waals surface area contributed by atoms with Gasteiger partial charge < -0.3 is 9.88 Å². The molecule has 2 heterocycles. The molecule has 0 fully saturated rings. The van der Waals surface area contributed by atoms with E-state index in [-0.39, 0.29) is 11.7 Å². The molecular formula is C23H21N5OS. The molecule has 0 aliphatic heterocycles. The zero-order valence-corrected chi connectivity index (χ0v) is 17.6. The second-order valence-electron chi connectivity index (χ2n) is 6.93. The number of anilines is 1. The third kappa shape index (κ3) is 4.75. The third-order valence-electron chi connectivity index (χ3n) is 4.61. The van der Waals surface area contributed by atoms with Gasteiger partial charge in [0.05, 0.1) is 17.8 Å². The Balaban J connectivity index is 1.35. The highest BCUT2D eigenvalue weighted by molar-refractivity contribution is 7.99. The Labute approximate surface area is 179 Å².